The summed E-state index contributed by atoms with van der Waals surface area (Å²) in [6, 6.07) is 4.37. The summed E-state index contributed by atoms with van der Waals surface area (Å²) < 4.78 is 0. The van der Waals surface area contributed by atoms with Crippen LogP contribution in [-0.4, -0.2) is 16.9 Å². The van der Waals surface area contributed by atoms with Crippen LogP contribution in [0.15, 0.2) is 75.8 Å². The van der Waals surface area contributed by atoms with Gasteiger partial charge in [-0.25, -0.2) is 4.99 Å². The molecule has 31 heavy (non-hydrogen) atoms. The largest absolute Gasteiger partial charge is 0.362 e. The van der Waals surface area contributed by atoms with Crippen LogP contribution in [0.25, 0.3) is 0 Å². The fourth-order valence-electron chi connectivity index (χ4n) is 3.22. The molecule has 1 N–H and O–H groups in total. The summed E-state index contributed by atoms with van der Waals surface area (Å²) in [7, 11) is 0. The van der Waals surface area contributed by atoms with Crippen LogP contribution in [-0.2, 0) is 0 Å². The number of aromatic nitrogens is 1. The van der Waals surface area contributed by atoms with Crippen LogP contribution in [0.4, 0.5) is 0 Å². The van der Waals surface area contributed by atoms with Crippen LogP contribution < -0.4 is 5.32 Å². The lowest BCUT2D eigenvalue weighted by atomic mass is 10.0. The average molecular weight is 421 g/mol. The van der Waals surface area contributed by atoms with Gasteiger partial charge in [0.05, 0.1) is 18.0 Å². The molecule has 0 radical (unpaired) electrons. The fraction of sp³-hybridized carbons (Fsp3) is 0.444. The van der Waals surface area contributed by atoms with E-state index in [0.717, 1.165) is 48.5 Å². The van der Waals surface area contributed by atoms with Gasteiger partial charge in [0.25, 0.3) is 0 Å². The van der Waals surface area contributed by atoms with Crippen LogP contribution in [0.1, 0.15) is 84.5 Å². The summed E-state index contributed by atoms with van der Waals surface area (Å²) >= 11 is 0. The van der Waals surface area contributed by atoms with E-state index in [1.165, 1.54) is 11.1 Å². The van der Waals surface area contributed by atoms with E-state index in [1.807, 2.05) is 46.3 Å². The Bertz CT molecular complexity index is 836. The van der Waals surface area contributed by atoms with E-state index < -0.39 is 0 Å². The Kier molecular flexibility index (Phi) is 12.8. The van der Waals surface area contributed by atoms with Crippen LogP contribution >= 0.6 is 0 Å². The zero-order valence-electron chi connectivity index (χ0n) is 20.4. The Hall–Kier alpha value is -2.75. The average Bonchev–Trinajstić information content (AvgIpc) is 3.04. The molecule has 1 aromatic heterocycles. The number of pyridine rings is 1. The molecule has 4 heteroatoms. The first-order chi connectivity index (χ1) is 15.1. The summed E-state index contributed by atoms with van der Waals surface area (Å²) in [6.45, 7) is 14.5. The SMILES string of the molecule is CC.C\C=C/C(=C\C(=C/C)C1=NC(NC(CCC)c2ccc(C)nc2)=CN=CC1)CC. The number of rotatable bonds is 9. The first-order valence-electron chi connectivity index (χ1n) is 11.6. The molecule has 1 aliphatic heterocycles. The topological polar surface area (TPSA) is 49.6 Å². The van der Waals surface area contributed by atoms with E-state index in [-0.39, 0.29) is 6.04 Å². The van der Waals surface area contributed by atoms with Gasteiger partial charge in [0.15, 0.2) is 0 Å². The number of aliphatic imine (C=N–C) groups is 2. The first-order valence-corrected chi connectivity index (χ1v) is 11.6. The fourth-order valence-corrected chi connectivity index (χ4v) is 3.22. The first kappa shape index (κ1) is 26.3. The third-order valence-corrected chi connectivity index (χ3v) is 4.85. The number of hydrogen-bond donors (Lipinski definition) is 1. The summed E-state index contributed by atoms with van der Waals surface area (Å²) in [5.74, 6) is 0.796. The van der Waals surface area contributed by atoms with E-state index in [4.69, 9.17) is 4.99 Å². The van der Waals surface area contributed by atoms with Gasteiger partial charge in [-0.3, -0.25) is 9.98 Å². The second-order valence-electron chi connectivity index (χ2n) is 7.14. The van der Waals surface area contributed by atoms with Crippen molar-refractivity contribution in [2.45, 2.75) is 80.2 Å². The predicted octanol–water partition coefficient (Wildman–Crippen LogP) is 7.42. The molecule has 168 valence electrons. The number of hydrogen-bond acceptors (Lipinski definition) is 4. The van der Waals surface area contributed by atoms with Gasteiger partial charge in [-0.1, -0.05) is 64.5 Å². The molecule has 0 amide bonds. The second kappa shape index (κ2) is 15.1. The minimum absolute atomic E-state index is 0.163. The number of nitrogens with zero attached hydrogens (tertiary/aromatic N) is 3. The Morgan fingerprint density at radius 3 is 2.55 bits per heavy atom. The summed E-state index contributed by atoms with van der Waals surface area (Å²) in [5, 5.41) is 3.59. The van der Waals surface area contributed by atoms with E-state index in [1.54, 1.807) is 0 Å². The molecule has 0 aromatic carbocycles. The monoisotopic (exact) mass is 420 g/mol. The van der Waals surface area contributed by atoms with Gasteiger partial charge in [0.2, 0.25) is 0 Å². The molecule has 0 spiro atoms. The normalized spacial score (nSPS) is 15.6. The summed E-state index contributed by atoms with van der Waals surface area (Å²) in [5.41, 5.74) is 5.67. The Morgan fingerprint density at radius 2 is 1.97 bits per heavy atom. The van der Waals surface area contributed by atoms with Crippen LogP contribution in [0.2, 0.25) is 0 Å². The zero-order chi connectivity index (χ0) is 23.1. The third-order valence-electron chi connectivity index (χ3n) is 4.85. The maximum Gasteiger partial charge on any atom is 0.145 e. The van der Waals surface area contributed by atoms with Gasteiger partial charge < -0.3 is 5.32 Å². The molecule has 0 saturated carbocycles. The van der Waals surface area contributed by atoms with Crippen molar-refractivity contribution in [2.24, 2.45) is 9.98 Å². The quantitative estimate of drug-likeness (QED) is 0.422. The Balaban J connectivity index is 0.00000233. The molecule has 0 aliphatic carbocycles. The molecule has 4 nitrogen and oxygen atoms in total. The molecule has 0 fully saturated rings. The van der Waals surface area contributed by atoms with Crippen molar-refractivity contribution in [3.05, 3.63) is 77.1 Å². The smallest absolute Gasteiger partial charge is 0.145 e. The van der Waals surface area contributed by atoms with Crippen molar-refractivity contribution in [2.75, 3.05) is 0 Å². The molecule has 1 unspecified atom stereocenters. The molecule has 0 bridgehead atoms. The highest BCUT2D eigenvalue weighted by molar-refractivity contribution is 6.09. The van der Waals surface area contributed by atoms with Gasteiger partial charge in [0, 0.05) is 24.5 Å². The predicted molar refractivity (Wildman–Crippen MR) is 137 cm³/mol. The lowest BCUT2D eigenvalue weighted by molar-refractivity contribution is 0.539. The number of allylic oxidation sites excluding steroid dienone is 6. The minimum atomic E-state index is 0.163. The van der Waals surface area contributed by atoms with Crippen molar-refractivity contribution >= 4 is 11.9 Å². The van der Waals surface area contributed by atoms with Crippen molar-refractivity contribution in [1.82, 2.24) is 10.3 Å². The molecule has 0 saturated heterocycles. The minimum Gasteiger partial charge on any atom is -0.362 e. The van der Waals surface area contributed by atoms with Crippen molar-refractivity contribution in [3.63, 3.8) is 0 Å². The van der Waals surface area contributed by atoms with E-state index in [2.05, 4.69) is 72.5 Å². The molecule has 2 heterocycles. The molecular weight excluding hydrogens is 380 g/mol. The third kappa shape index (κ3) is 8.87. The standard InChI is InChI=1S/C25H34N4.C2H6/c1-6-10-20(8-3)16-21(9-4)24-14-15-26-18-25(29-24)28-23(11-7-2)22-13-12-19(5)27-17-22;1-2/h6,9-10,12-13,15-18,23,28H,7-8,11,14H2,1-5H3;1-2H3/b10-6-,20-16-,21-9+;. The maximum absolute atomic E-state index is 4.94. The van der Waals surface area contributed by atoms with E-state index in [9.17, 15) is 0 Å². The van der Waals surface area contributed by atoms with Crippen LogP contribution in [0.3, 0.4) is 0 Å². The molecule has 2 rings (SSSR count). The highest BCUT2D eigenvalue weighted by atomic mass is 15.1. The highest BCUT2D eigenvalue weighted by Gasteiger charge is 2.14. The van der Waals surface area contributed by atoms with Crippen LogP contribution in [0, 0.1) is 6.92 Å². The zero-order valence-corrected chi connectivity index (χ0v) is 20.4. The maximum atomic E-state index is 4.94. The highest BCUT2D eigenvalue weighted by Crippen LogP contribution is 2.21. The van der Waals surface area contributed by atoms with Gasteiger partial charge in [-0.15, -0.1) is 0 Å². The second-order valence-corrected chi connectivity index (χ2v) is 7.14. The number of aryl methyl sites for hydroxylation is 1. The van der Waals surface area contributed by atoms with Gasteiger partial charge >= 0.3 is 0 Å². The molecular formula is C27H40N4. The molecule has 1 atom stereocenters. The summed E-state index contributed by atoms with van der Waals surface area (Å²) in [4.78, 5) is 13.8. The Morgan fingerprint density at radius 1 is 1.19 bits per heavy atom. The Labute approximate surface area is 189 Å². The van der Waals surface area contributed by atoms with Gasteiger partial charge in [-0.2, -0.15) is 0 Å². The van der Waals surface area contributed by atoms with Gasteiger partial charge in [-0.05, 0) is 56.4 Å². The van der Waals surface area contributed by atoms with E-state index in [0.29, 0.717) is 0 Å². The van der Waals surface area contributed by atoms with Gasteiger partial charge in [0.1, 0.15) is 5.82 Å². The molecule has 1 aliphatic rings. The van der Waals surface area contributed by atoms with E-state index >= 15 is 0 Å². The van der Waals surface area contributed by atoms with Crippen molar-refractivity contribution < 1.29 is 0 Å². The van der Waals surface area contributed by atoms with Crippen molar-refractivity contribution in [3.8, 4) is 0 Å². The lowest BCUT2D eigenvalue weighted by Gasteiger charge is -2.20. The van der Waals surface area contributed by atoms with Crippen molar-refractivity contribution in [1.29, 1.82) is 0 Å². The lowest BCUT2D eigenvalue weighted by Crippen LogP contribution is -2.21. The summed E-state index contributed by atoms with van der Waals surface area (Å²) in [6.07, 6.45) is 18.1. The molecule has 1 aromatic rings. The number of nitrogens with one attached hydrogen (secondary N) is 1. The van der Waals surface area contributed by atoms with Crippen LogP contribution in [0.5, 0.6) is 0 Å².